The molecule has 2 aromatic carbocycles. The average Bonchev–Trinajstić information content (AvgIpc) is 2.87. The van der Waals surface area contributed by atoms with Crippen LogP contribution in [0.1, 0.15) is 32.6 Å². The Bertz CT molecular complexity index is 1160. The van der Waals surface area contributed by atoms with Crippen molar-refractivity contribution in [3.63, 3.8) is 0 Å². The van der Waals surface area contributed by atoms with Gasteiger partial charge in [-0.3, -0.25) is 25.2 Å². The van der Waals surface area contributed by atoms with Crippen LogP contribution >= 0.6 is 0 Å². The normalized spacial score (nSPS) is 17.2. The highest BCUT2D eigenvalue weighted by atomic mass is 19.2. The highest BCUT2D eigenvalue weighted by Crippen LogP contribution is 2.30. The number of anilines is 1. The maximum absolute atomic E-state index is 14.5. The molecule has 9 nitrogen and oxygen atoms in total. The van der Waals surface area contributed by atoms with Crippen molar-refractivity contribution in [2.24, 2.45) is 10.9 Å². The fourth-order valence-electron chi connectivity index (χ4n) is 3.60. The number of esters is 1. The molecule has 0 atom stereocenters. The van der Waals surface area contributed by atoms with E-state index in [2.05, 4.69) is 15.7 Å². The number of amides is 2. The van der Waals surface area contributed by atoms with Crippen LogP contribution in [-0.2, 0) is 19.1 Å². The van der Waals surface area contributed by atoms with E-state index in [4.69, 9.17) is 9.47 Å². The first-order chi connectivity index (χ1) is 17.7. The third-order valence-electron chi connectivity index (χ3n) is 5.42. The second-order valence-electron chi connectivity index (χ2n) is 8.02. The summed E-state index contributed by atoms with van der Waals surface area (Å²) in [6, 6.07) is 4.97. The molecule has 3 N–H and O–H groups in total. The molecule has 0 radical (unpaired) electrons. The third kappa shape index (κ3) is 7.66. The molecular formula is C24H24F4N4O5. The lowest BCUT2D eigenvalue weighted by Crippen LogP contribution is -2.43. The quantitative estimate of drug-likeness (QED) is 0.0923. The summed E-state index contributed by atoms with van der Waals surface area (Å²) in [6.07, 6.45) is 3.00. The van der Waals surface area contributed by atoms with Crippen molar-refractivity contribution < 1.29 is 41.4 Å². The Morgan fingerprint density at radius 3 is 2.27 bits per heavy atom. The molecule has 3 rings (SSSR count). The standard InChI is InChI=1S/C24H24F4N4O5/c1-2-36-24(35)13-3-5-15(6-4-13)37-16-7-8-20(17(25)11-16)31-22(33)23(34)32-30-12-29-14-9-18(26)21(28)19(27)10-14/h7-13,15H,2-6H2,1H3,(H,29,30)(H,31,33)(H,32,34). The molecule has 1 saturated carbocycles. The van der Waals surface area contributed by atoms with Gasteiger partial charge < -0.3 is 14.8 Å². The molecule has 1 aliphatic rings. The van der Waals surface area contributed by atoms with Gasteiger partial charge in [0.2, 0.25) is 0 Å². The molecule has 0 spiro atoms. The number of hydrogen-bond donors (Lipinski definition) is 3. The molecule has 0 bridgehead atoms. The van der Waals surface area contributed by atoms with Crippen molar-refractivity contribution >= 4 is 35.5 Å². The molecule has 0 saturated heterocycles. The second kappa shape index (κ2) is 12.7. The first kappa shape index (κ1) is 27.4. The van der Waals surface area contributed by atoms with E-state index in [-0.39, 0.29) is 35.1 Å². The van der Waals surface area contributed by atoms with Gasteiger partial charge in [0.1, 0.15) is 17.9 Å². The summed E-state index contributed by atoms with van der Waals surface area (Å²) in [6.45, 7) is 2.07. The second-order valence-corrected chi connectivity index (χ2v) is 8.02. The van der Waals surface area contributed by atoms with Gasteiger partial charge in [0, 0.05) is 18.2 Å². The number of hydrogen-bond acceptors (Lipinski definition) is 6. The highest BCUT2D eigenvalue weighted by Gasteiger charge is 2.28. The van der Waals surface area contributed by atoms with Crippen LogP contribution in [0.5, 0.6) is 5.75 Å². The molecule has 2 amide bonds. The number of carbonyl (C=O) groups excluding carboxylic acids is 3. The zero-order chi connectivity index (χ0) is 26.9. The zero-order valence-electron chi connectivity index (χ0n) is 19.7. The summed E-state index contributed by atoms with van der Waals surface area (Å²) in [4.78, 5) is 39.3. The number of halogens is 4. The van der Waals surface area contributed by atoms with Crippen LogP contribution in [-0.4, -0.2) is 36.8 Å². The SMILES string of the molecule is CCOC(=O)C1CCC(Oc2ccc(NC(=O)C(=O)NNC=Nc3cc(F)c(F)c(F)c3)c(F)c2)CC1. The lowest BCUT2D eigenvalue weighted by molar-refractivity contribution is -0.149. The van der Waals surface area contributed by atoms with Crippen molar-refractivity contribution in [1.29, 1.82) is 0 Å². The third-order valence-corrected chi connectivity index (χ3v) is 5.42. The fourth-order valence-corrected chi connectivity index (χ4v) is 3.60. The van der Waals surface area contributed by atoms with Gasteiger partial charge in [-0.25, -0.2) is 22.6 Å². The van der Waals surface area contributed by atoms with E-state index in [9.17, 15) is 31.9 Å². The van der Waals surface area contributed by atoms with Gasteiger partial charge in [0.05, 0.1) is 30.0 Å². The molecule has 0 unspecified atom stereocenters. The Labute approximate surface area is 209 Å². The first-order valence-electron chi connectivity index (χ1n) is 11.3. The average molecular weight is 524 g/mol. The van der Waals surface area contributed by atoms with Crippen LogP contribution < -0.4 is 20.9 Å². The van der Waals surface area contributed by atoms with Crippen LogP contribution in [0.4, 0.5) is 28.9 Å². The largest absolute Gasteiger partial charge is 0.490 e. The number of nitrogens with zero attached hydrogens (tertiary/aromatic N) is 1. The number of benzene rings is 2. The molecule has 0 aliphatic heterocycles. The number of aliphatic imine (C=N–C) groups is 1. The van der Waals surface area contributed by atoms with Gasteiger partial charge in [-0.2, -0.15) is 0 Å². The van der Waals surface area contributed by atoms with E-state index in [0.717, 1.165) is 12.4 Å². The maximum Gasteiger partial charge on any atom is 0.327 e. The van der Waals surface area contributed by atoms with Crippen molar-refractivity contribution in [2.75, 3.05) is 11.9 Å². The predicted octanol–water partition coefficient (Wildman–Crippen LogP) is 3.66. The summed E-state index contributed by atoms with van der Waals surface area (Å²) in [5.74, 6) is -8.00. The highest BCUT2D eigenvalue weighted by molar-refractivity contribution is 6.39. The van der Waals surface area contributed by atoms with E-state index >= 15 is 0 Å². The molecule has 13 heteroatoms. The van der Waals surface area contributed by atoms with Crippen molar-refractivity contribution in [3.05, 3.63) is 53.6 Å². The van der Waals surface area contributed by atoms with Crippen LogP contribution in [0, 0.1) is 29.2 Å². The lowest BCUT2D eigenvalue weighted by Gasteiger charge is -2.27. The van der Waals surface area contributed by atoms with Crippen LogP contribution in [0.3, 0.4) is 0 Å². The smallest absolute Gasteiger partial charge is 0.327 e. The Kier molecular flexibility index (Phi) is 9.41. The van der Waals surface area contributed by atoms with Gasteiger partial charge in [0.25, 0.3) is 0 Å². The molecule has 0 heterocycles. The van der Waals surface area contributed by atoms with Crippen molar-refractivity contribution in [2.45, 2.75) is 38.7 Å². The lowest BCUT2D eigenvalue weighted by atomic mass is 9.87. The van der Waals surface area contributed by atoms with Crippen molar-refractivity contribution in [1.82, 2.24) is 10.9 Å². The molecule has 1 aliphatic carbocycles. The number of hydrazine groups is 1. The van der Waals surface area contributed by atoms with E-state index in [1.165, 1.54) is 12.1 Å². The summed E-state index contributed by atoms with van der Waals surface area (Å²) in [7, 11) is 0. The summed E-state index contributed by atoms with van der Waals surface area (Å²) >= 11 is 0. The monoisotopic (exact) mass is 524 g/mol. The van der Waals surface area contributed by atoms with E-state index in [1.807, 2.05) is 5.43 Å². The van der Waals surface area contributed by atoms with E-state index in [0.29, 0.717) is 44.4 Å². The molecule has 0 aromatic heterocycles. The molecule has 1 fully saturated rings. The Morgan fingerprint density at radius 2 is 1.65 bits per heavy atom. The Morgan fingerprint density at radius 1 is 0.973 bits per heavy atom. The minimum absolute atomic E-state index is 0.171. The first-order valence-corrected chi connectivity index (χ1v) is 11.3. The van der Waals surface area contributed by atoms with Gasteiger partial charge in [-0.15, -0.1) is 0 Å². The van der Waals surface area contributed by atoms with Crippen molar-refractivity contribution in [3.8, 4) is 5.75 Å². The van der Waals surface area contributed by atoms with Gasteiger partial charge in [-0.05, 0) is 44.7 Å². The minimum Gasteiger partial charge on any atom is -0.490 e. The number of nitrogens with one attached hydrogen (secondary N) is 3. The Hall–Kier alpha value is -4.16. The predicted molar refractivity (Wildman–Crippen MR) is 124 cm³/mol. The topological polar surface area (TPSA) is 118 Å². The molecule has 37 heavy (non-hydrogen) atoms. The maximum atomic E-state index is 14.5. The fraction of sp³-hybridized carbons (Fsp3) is 0.333. The van der Waals surface area contributed by atoms with E-state index < -0.39 is 35.1 Å². The minimum atomic E-state index is -1.65. The summed E-state index contributed by atoms with van der Waals surface area (Å²) in [5.41, 5.74) is 3.47. The van der Waals surface area contributed by atoms with Crippen LogP contribution in [0.25, 0.3) is 0 Å². The number of carbonyl (C=O) groups is 3. The van der Waals surface area contributed by atoms with Crippen LogP contribution in [0.2, 0.25) is 0 Å². The van der Waals surface area contributed by atoms with Gasteiger partial charge >= 0.3 is 17.8 Å². The summed E-state index contributed by atoms with van der Waals surface area (Å²) in [5, 5.41) is 2.09. The van der Waals surface area contributed by atoms with Gasteiger partial charge in [-0.1, -0.05) is 0 Å². The van der Waals surface area contributed by atoms with Crippen LogP contribution in [0.15, 0.2) is 35.3 Å². The zero-order valence-corrected chi connectivity index (χ0v) is 19.7. The molecular weight excluding hydrogens is 500 g/mol. The number of ether oxygens (including phenoxy) is 2. The molecule has 2 aromatic rings. The van der Waals surface area contributed by atoms with E-state index in [1.54, 1.807) is 6.92 Å². The Balaban J connectivity index is 1.46. The summed E-state index contributed by atoms with van der Waals surface area (Å²) < 4.78 is 64.5. The number of rotatable bonds is 8. The molecule has 198 valence electrons. The van der Waals surface area contributed by atoms with Gasteiger partial charge in [0.15, 0.2) is 17.5 Å².